The number of fused-ring (bicyclic) bond motifs is 1. The highest BCUT2D eigenvalue weighted by Crippen LogP contribution is 2.54. The third-order valence-electron chi connectivity index (χ3n) is 7.51. The van der Waals surface area contributed by atoms with Crippen LogP contribution in [0.4, 0.5) is 0 Å². The molecule has 0 spiro atoms. The minimum absolute atomic E-state index is 0.402. The molecule has 0 unspecified atom stereocenters. The maximum Gasteiger partial charge on any atom is 0.0707 e. The summed E-state index contributed by atoms with van der Waals surface area (Å²) in [5.41, 5.74) is 17.3. The minimum Gasteiger partial charge on any atom is -0.0635 e. The fourth-order valence-electron chi connectivity index (χ4n) is 6.55. The summed E-state index contributed by atoms with van der Waals surface area (Å²) in [5.74, 6) is 0. The third kappa shape index (κ3) is 3.96. The van der Waals surface area contributed by atoms with Gasteiger partial charge in [-0.05, 0) is 88.3 Å². The quantitative estimate of drug-likeness (QED) is 0.269. The molecule has 1 aliphatic rings. The summed E-state index contributed by atoms with van der Waals surface area (Å²) < 4.78 is 0. The van der Waals surface area contributed by atoms with Crippen LogP contribution in [0.15, 0.2) is 84.4 Å². The lowest BCUT2D eigenvalue weighted by molar-refractivity contribution is 0.789. The monoisotopic (exact) mass is 456 g/mol. The number of hydrogen-bond acceptors (Lipinski definition) is 0. The second kappa shape index (κ2) is 8.68. The smallest absolute Gasteiger partial charge is 0.0635 e. The number of allylic oxidation sites excluding steroid dienone is 2. The van der Waals surface area contributed by atoms with E-state index in [0.29, 0.717) is 0 Å². The molecular formula is C35H36. The molecule has 0 fully saturated rings. The largest absolute Gasteiger partial charge is 0.0707 e. The predicted molar refractivity (Wildman–Crippen MR) is 150 cm³/mol. The van der Waals surface area contributed by atoms with Gasteiger partial charge in [-0.1, -0.05) is 118 Å². The molecule has 0 atom stereocenters. The fourth-order valence-corrected chi connectivity index (χ4v) is 6.55. The molecule has 4 aromatic rings. The normalized spacial score (nSPS) is 13.3. The van der Waals surface area contributed by atoms with Crippen molar-refractivity contribution in [2.24, 2.45) is 0 Å². The average Bonchev–Trinajstić information content (AvgIpc) is 3.09. The van der Waals surface area contributed by atoms with Gasteiger partial charge in [0.15, 0.2) is 0 Å². The lowest BCUT2D eigenvalue weighted by Gasteiger charge is -2.40. The number of hydrogen-bond donors (Lipinski definition) is 0. The Morgan fingerprint density at radius 3 is 1.26 bits per heavy atom. The van der Waals surface area contributed by atoms with E-state index in [1.165, 1.54) is 72.3 Å². The van der Waals surface area contributed by atoms with Crippen molar-refractivity contribution in [3.8, 4) is 0 Å². The highest BCUT2D eigenvalue weighted by molar-refractivity contribution is 5.90. The van der Waals surface area contributed by atoms with Crippen molar-refractivity contribution in [2.75, 3.05) is 0 Å². The summed E-state index contributed by atoms with van der Waals surface area (Å²) in [4.78, 5) is 0. The molecule has 0 aliphatic heterocycles. The predicted octanol–water partition coefficient (Wildman–Crippen LogP) is 8.90. The standard InChI is InChI=1S/C35H36/c1-22-12-23(2)16-30(15-22)35(31-17-24(3)13-25(4)18-31,32-19-26(5)14-27(6)20-32)34-28(7)21-29-10-8-9-11-33(29)34/h8-20H,21H2,1-7H3. The van der Waals surface area contributed by atoms with Gasteiger partial charge in [-0.2, -0.15) is 0 Å². The highest BCUT2D eigenvalue weighted by atomic mass is 14.5. The van der Waals surface area contributed by atoms with Crippen LogP contribution in [0.2, 0.25) is 0 Å². The molecule has 35 heavy (non-hydrogen) atoms. The minimum atomic E-state index is -0.402. The Balaban J connectivity index is 2.03. The maximum atomic E-state index is 2.42. The topological polar surface area (TPSA) is 0 Å². The van der Waals surface area contributed by atoms with Crippen molar-refractivity contribution in [1.82, 2.24) is 0 Å². The van der Waals surface area contributed by atoms with E-state index in [1.54, 1.807) is 0 Å². The molecule has 0 nitrogen and oxygen atoms in total. The molecule has 0 saturated carbocycles. The van der Waals surface area contributed by atoms with Crippen molar-refractivity contribution in [1.29, 1.82) is 0 Å². The van der Waals surface area contributed by atoms with E-state index in [2.05, 4.69) is 127 Å². The summed E-state index contributed by atoms with van der Waals surface area (Å²) in [6, 6.07) is 30.4. The molecule has 176 valence electrons. The first-order chi connectivity index (χ1) is 16.7. The van der Waals surface area contributed by atoms with Crippen molar-refractivity contribution < 1.29 is 0 Å². The van der Waals surface area contributed by atoms with Crippen molar-refractivity contribution in [3.63, 3.8) is 0 Å². The molecule has 4 aromatic carbocycles. The van der Waals surface area contributed by atoms with Gasteiger partial charge in [-0.25, -0.2) is 0 Å². The van der Waals surface area contributed by atoms with Crippen LogP contribution in [0.3, 0.4) is 0 Å². The van der Waals surface area contributed by atoms with Crippen LogP contribution in [-0.4, -0.2) is 0 Å². The van der Waals surface area contributed by atoms with E-state index in [0.717, 1.165) is 6.42 Å². The van der Waals surface area contributed by atoms with Crippen LogP contribution < -0.4 is 0 Å². The van der Waals surface area contributed by atoms with E-state index >= 15 is 0 Å². The Morgan fingerprint density at radius 1 is 0.486 bits per heavy atom. The first kappa shape index (κ1) is 23.4. The van der Waals surface area contributed by atoms with Crippen molar-refractivity contribution in [3.05, 3.63) is 146 Å². The molecule has 5 rings (SSSR count). The van der Waals surface area contributed by atoms with Gasteiger partial charge in [-0.3, -0.25) is 0 Å². The van der Waals surface area contributed by atoms with Crippen LogP contribution in [-0.2, 0) is 11.8 Å². The van der Waals surface area contributed by atoms with Gasteiger partial charge >= 0.3 is 0 Å². The molecule has 1 aliphatic carbocycles. The Morgan fingerprint density at radius 2 is 0.857 bits per heavy atom. The summed E-state index contributed by atoms with van der Waals surface area (Å²) >= 11 is 0. The van der Waals surface area contributed by atoms with Crippen LogP contribution in [0, 0.1) is 41.5 Å². The third-order valence-corrected chi connectivity index (χ3v) is 7.51. The van der Waals surface area contributed by atoms with Gasteiger partial charge < -0.3 is 0 Å². The summed E-state index contributed by atoms with van der Waals surface area (Å²) in [7, 11) is 0. The van der Waals surface area contributed by atoms with E-state index in [4.69, 9.17) is 0 Å². The van der Waals surface area contributed by atoms with Gasteiger partial charge in [0.1, 0.15) is 0 Å². The Labute approximate surface area is 211 Å². The SMILES string of the molecule is CC1=C(C(c2cc(C)cc(C)c2)(c2cc(C)cc(C)c2)c2cc(C)cc(C)c2)c2ccccc2C1. The van der Waals surface area contributed by atoms with E-state index in [9.17, 15) is 0 Å². The molecule has 0 N–H and O–H groups in total. The Kier molecular flexibility index (Phi) is 5.80. The van der Waals surface area contributed by atoms with Crippen molar-refractivity contribution in [2.45, 2.75) is 60.3 Å². The molecule has 0 heteroatoms. The highest BCUT2D eigenvalue weighted by Gasteiger charge is 2.44. The molecule has 0 aromatic heterocycles. The second-order valence-electron chi connectivity index (χ2n) is 10.9. The van der Waals surface area contributed by atoms with Crippen LogP contribution in [0.1, 0.15) is 68.1 Å². The van der Waals surface area contributed by atoms with Gasteiger partial charge in [0.05, 0.1) is 5.41 Å². The molecule has 0 heterocycles. The number of aryl methyl sites for hydroxylation is 6. The zero-order valence-corrected chi connectivity index (χ0v) is 22.2. The van der Waals surface area contributed by atoms with Gasteiger partial charge in [0, 0.05) is 0 Å². The number of rotatable bonds is 4. The van der Waals surface area contributed by atoms with Gasteiger partial charge in [-0.15, -0.1) is 0 Å². The molecule has 0 amide bonds. The zero-order chi connectivity index (χ0) is 24.9. The Bertz CT molecular complexity index is 1290. The van der Waals surface area contributed by atoms with E-state index in [-0.39, 0.29) is 0 Å². The lowest BCUT2D eigenvalue weighted by atomic mass is 9.61. The molecule has 0 radical (unpaired) electrons. The van der Waals surface area contributed by atoms with Gasteiger partial charge in [0.2, 0.25) is 0 Å². The zero-order valence-electron chi connectivity index (χ0n) is 22.2. The van der Waals surface area contributed by atoms with Crippen molar-refractivity contribution >= 4 is 5.57 Å². The summed E-state index contributed by atoms with van der Waals surface area (Å²) in [6.45, 7) is 15.7. The fraction of sp³-hybridized carbons (Fsp3) is 0.257. The lowest BCUT2D eigenvalue weighted by Crippen LogP contribution is -2.32. The maximum absolute atomic E-state index is 2.42. The van der Waals surface area contributed by atoms with Crippen LogP contribution in [0.25, 0.3) is 5.57 Å². The average molecular weight is 457 g/mol. The molecule has 0 saturated heterocycles. The molecular weight excluding hydrogens is 420 g/mol. The summed E-state index contributed by atoms with van der Waals surface area (Å²) in [6.07, 6.45) is 1.01. The van der Waals surface area contributed by atoms with Gasteiger partial charge in [0.25, 0.3) is 0 Å². The first-order valence-corrected chi connectivity index (χ1v) is 12.7. The van der Waals surface area contributed by atoms with Crippen LogP contribution in [0.5, 0.6) is 0 Å². The van der Waals surface area contributed by atoms with E-state index in [1.807, 2.05) is 0 Å². The second-order valence-corrected chi connectivity index (χ2v) is 10.9. The van der Waals surface area contributed by atoms with E-state index < -0.39 is 5.41 Å². The first-order valence-electron chi connectivity index (χ1n) is 12.7. The Hall–Kier alpha value is -3.38. The number of benzene rings is 4. The van der Waals surface area contributed by atoms with Crippen LogP contribution >= 0.6 is 0 Å². The summed E-state index contributed by atoms with van der Waals surface area (Å²) in [5, 5.41) is 0. The molecule has 0 bridgehead atoms.